The maximum Gasteiger partial charge on any atom is 0.241 e. The zero-order chi connectivity index (χ0) is 12.3. The standard InChI is InChI=1S/C12H15NO3/c1-7-6-10(16-3)8(2)9(12(7)15)4-5-11(13)14/h4-6,15H,1-3H3,(H2,13,14)/b5-4+. The first kappa shape index (κ1) is 12.1. The molecule has 4 heteroatoms. The van der Waals surface area contributed by atoms with E-state index in [0.29, 0.717) is 16.9 Å². The maximum absolute atomic E-state index is 10.7. The summed E-state index contributed by atoms with van der Waals surface area (Å²) in [6.07, 6.45) is 2.70. The molecule has 0 atom stereocenters. The van der Waals surface area contributed by atoms with Crippen molar-refractivity contribution in [2.45, 2.75) is 13.8 Å². The summed E-state index contributed by atoms with van der Waals surface area (Å²) in [5.74, 6) is 0.245. The van der Waals surface area contributed by atoms with E-state index in [0.717, 1.165) is 5.56 Å². The molecule has 0 unspecified atom stereocenters. The molecule has 0 aliphatic heterocycles. The maximum atomic E-state index is 10.7. The number of hydrogen-bond acceptors (Lipinski definition) is 3. The number of benzene rings is 1. The van der Waals surface area contributed by atoms with Gasteiger partial charge in [0.15, 0.2) is 0 Å². The van der Waals surface area contributed by atoms with E-state index in [2.05, 4.69) is 0 Å². The Labute approximate surface area is 94.3 Å². The van der Waals surface area contributed by atoms with Gasteiger partial charge in [0.1, 0.15) is 11.5 Å². The molecule has 86 valence electrons. The molecule has 1 aromatic carbocycles. The van der Waals surface area contributed by atoms with Gasteiger partial charge in [-0.25, -0.2) is 0 Å². The topological polar surface area (TPSA) is 72.6 Å². The number of methoxy groups -OCH3 is 1. The van der Waals surface area contributed by atoms with Crippen LogP contribution < -0.4 is 10.5 Å². The van der Waals surface area contributed by atoms with Gasteiger partial charge in [-0.05, 0) is 31.6 Å². The molecule has 0 saturated carbocycles. The number of aromatic hydroxyl groups is 1. The monoisotopic (exact) mass is 221 g/mol. The van der Waals surface area contributed by atoms with Crippen molar-refractivity contribution in [2.75, 3.05) is 7.11 Å². The van der Waals surface area contributed by atoms with Crippen LogP contribution in [0.1, 0.15) is 16.7 Å². The van der Waals surface area contributed by atoms with Crippen LogP contribution in [0, 0.1) is 13.8 Å². The Hall–Kier alpha value is -1.97. The Morgan fingerprint density at radius 2 is 2.12 bits per heavy atom. The van der Waals surface area contributed by atoms with E-state index in [1.807, 2.05) is 0 Å². The van der Waals surface area contributed by atoms with Crippen LogP contribution in [0.4, 0.5) is 0 Å². The van der Waals surface area contributed by atoms with E-state index >= 15 is 0 Å². The van der Waals surface area contributed by atoms with Crippen molar-refractivity contribution < 1.29 is 14.6 Å². The minimum absolute atomic E-state index is 0.135. The quantitative estimate of drug-likeness (QED) is 0.760. The lowest BCUT2D eigenvalue weighted by Crippen LogP contribution is -2.05. The van der Waals surface area contributed by atoms with Crippen LogP contribution in [0.2, 0.25) is 0 Å². The third kappa shape index (κ3) is 2.34. The third-order valence-electron chi connectivity index (χ3n) is 2.38. The lowest BCUT2D eigenvalue weighted by Gasteiger charge is -2.12. The van der Waals surface area contributed by atoms with Crippen molar-refractivity contribution in [1.29, 1.82) is 0 Å². The number of hydrogen-bond donors (Lipinski definition) is 2. The van der Waals surface area contributed by atoms with Gasteiger partial charge >= 0.3 is 0 Å². The highest BCUT2D eigenvalue weighted by Crippen LogP contribution is 2.33. The molecule has 16 heavy (non-hydrogen) atoms. The van der Waals surface area contributed by atoms with Crippen LogP contribution in [-0.4, -0.2) is 18.1 Å². The summed E-state index contributed by atoms with van der Waals surface area (Å²) < 4.78 is 5.17. The second-order valence-corrected chi connectivity index (χ2v) is 3.52. The highest BCUT2D eigenvalue weighted by molar-refractivity contribution is 5.91. The van der Waals surface area contributed by atoms with Gasteiger partial charge in [-0.3, -0.25) is 4.79 Å². The predicted octanol–water partition coefficient (Wildman–Crippen LogP) is 1.52. The van der Waals surface area contributed by atoms with Crippen molar-refractivity contribution >= 4 is 12.0 Å². The number of primary amides is 1. The number of ether oxygens (including phenoxy) is 1. The molecule has 4 nitrogen and oxygen atoms in total. The summed E-state index contributed by atoms with van der Waals surface area (Å²) in [6.45, 7) is 3.57. The minimum Gasteiger partial charge on any atom is -0.507 e. The third-order valence-corrected chi connectivity index (χ3v) is 2.38. The van der Waals surface area contributed by atoms with Crippen LogP contribution in [0.5, 0.6) is 11.5 Å². The van der Waals surface area contributed by atoms with Crippen LogP contribution >= 0.6 is 0 Å². The molecule has 0 fully saturated rings. The Morgan fingerprint density at radius 3 is 2.62 bits per heavy atom. The lowest BCUT2D eigenvalue weighted by atomic mass is 10.0. The number of phenols is 1. The number of aryl methyl sites for hydroxylation is 1. The van der Waals surface area contributed by atoms with E-state index < -0.39 is 5.91 Å². The van der Waals surface area contributed by atoms with Crippen molar-refractivity contribution in [2.24, 2.45) is 5.73 Å². The number of amides is 1. The molecule has 0 aliphatic carbocycles. The molecule has 0 radical (unpaired) electrons. The molecule has 0 saturated heterocycles. The molecule has 0 heterocycles. The fourth-order valence-electron chi connectivity index (χ4n) is 1.48. The molecular formula is C12H15NO3. The van der Waals surface area contributed by atoms with Gasteiger partial charge in [-0.2, -0.15) is 0 Å². The zero-order valence-electron chi connectivity index (χ0n) is 9.57. The summed E-state index contributed by atoms with van der Waals surface area (Å²) in [5.41, 5.74) is 7.02. The molecule has 3 N–H and O–H groups in total. The fraction of sp³-hybridized carbons (Fsp3) is 0.250. The van der Waals surface area contributed by atoms with Gasteiger partial charge in [-0.1, -0.05) is 0 Å². The van der Waals surface area contributed by atoms with Gasteiger partial charge in [0.25, 0.3) is 0 Å². The summed E-state index contributed by atoms with van der Waals surface area (Å²) in [4.78, 5) is 10.7. The number of phenolic OH excluding ortho intramolecular Hbond substituents is 1. The number of rotatable bonds is 3. The second-order valence-electron chi connectivity index (χ2n) is 3.52. The first-order chi connectivity index (χ1) is 7.47. The van der Waals surface area contributed by atoms with E-state index in [1.165, 1.54) is 12.2 Å². The smallest absolute Gasteiger partial charge is 0.241 e. The average Bonchev–Trinajstić information content (AvgIpc) is 2.23. The van der Waals surface area contributed by atoms with Gasteiger partial charge in [0.05, 0.1) is 7.11 Å². The van der Waals surface area contributed by atoms with E-state index in [1.54, 1.807) is 27.0 Å². The fourth-order valence-corrected chi connectivity index (χ4v) is 1.48. The van der Waals surface area contributed by atoms with Gasteiger partial charge < -0.3 is 15.6 Å². The van der Waals surface area contributed by atoms with Crippen molar-refractivity contribution in [1.82, 2.24) is 0 Å². The predicted molar refractivity (Wildman–Crippen MR) is 62.4 cm³/mol. The highest BCUT2D eigenvalue weighted by Gasteiger charge is 2.10. The van der Waals surface area contributed by atoms with Crippen LogP contribution in [0.15, 0.2) is 12.1 Å². The van der Waals surface area contributed by atoms with Crippen LogP contribution in [-0.2, 0) is 4.79 Å². The second kappa shape index (κ2) is 4.70. The Bertz CT molecular complexity index is 450. The molecule has 1 amide bonds. The molecule has 0 aromatic heterocycles. The first-order valence-corrected chi connectivity index (χ1v) is 4.82. The molecule has 1 aromatic rings. The number of nitrogens with two attached hydrogens (primary N) is 1. The van der Waals surface area contributed by atoms with Crippen molar-refractivity contribution in [3.8, 4) is 11.5 Å². The largest absolute Gasteiger partial charge is 0.507 e. The van der Waals surface area contributed by atoms with E-state index in [4.69, 9.17) is 10.5 Å². The summed E-state index contributed by atoms with van der Waals surface area (Å²) in [6, 6.07) is 1.74. The van der Waals surface area contributed by atoms with Gasteiger partial charge in [0, 0.05) is 17.2 Å². The molecule has 0 spiro atoms. The van der Waals surface area contributed by atoms with Crippen molar-refractivity contribution in [3.05, 3.63) is 28.8 Å². The Morgan fingerprint density at radius 1 is 1.50 bits per heavy atom. The molecule has 1 rings (SSSR count). The molecule has 0 aliphatic rings. The lowest BCUT2D eigenvalue weighted by molar-refractivity contribution is -0.113. The Kier molecular flexibility index (Phi) is 3.55. The highest BCUT2D eigenvalue weighted by atomic mass is 16.5. The van der Waals surface area contributed by atoms with Crippen molar-refractivity contribution in [3.63, 3.8) is 0 Å². The summed E-state index contributed by atoms with van der Waals surface area (Å²) in [7, 11) is 1.56. The SMILES string of the molecule is COc1cc(C)c(O)c(/C=C/C(N)=O)c1C. The van der Waals surface area contributed by atoms with Gasteiger partial charge in [-0.15, -0.1) is 0 Å². The molecule has 0 bridgehead atoms. The van der Waals surface area contributed by atoms with Crippen LogP contribution in [0.3, 0.4) is 0 Å². The number of carbonyl (C=O) groups excluding carboxylic acids is 1. The molecular weight excluding hydrogens is 206 g/mol. The van der Waals surface area contributed by atoms with E-state index in [9.17, 15) is 9.90 Å². The number of carbonyl (C=O) groups is 1. The van der Waals surface area contributed by atoms with E-state index in [-0.39, 0.29) is 5.75 Å². The van der Waals surface area contributed by atoms with Gasteiger partial charge in [0.2, 0.25) is 5.91 Å². The minimum atomic E-state index is -0.556. The summed E-state index contributed by atoms with van der Waals surface area (Å²) in [5, 5.41) is 9.85. The summed E-state index contributed by atoms with van der Waals surface area (Å²) >= 11 is 0. The Balaban J connectivity index is 3.35. The normalized spacial score (nSPS) is 10.7. The first-order valence-electron chi connectivity index (χ1n) is 4.82. The average molecular weight is 221 g/mol. The van der Waals surface area contributed by atoms with Crippen LogP contribution in [0.25, 0.3) is 6.08 Å². The zero-order valence-corrected chi connectivity index (χ0v) is 9.57.